The first-order valence-corrected chi connectivity index (χ1v) is 11.1. The van der Waals surface area contributed by atoms with Gasteiger partial charge in [-0.3, -0.25) is 9.88 Å². The van der Waals surface area contributed by atoms with Crippen molar-refractivity contribution in [3.63, 3.8) is 0 Å². The summed E-state index contributed by atoms with van der Waals surface area (Å²) in [5.74, 6) is 0.738. The summed E-state index contributed by atoms with van der Waals surface area (Å²) in [6.45, 7) is 3.16. The fourth-order valence-electron chi connectivity index (χ4n) is 4.51. The number of hydrogen-bond acceptors (Lipinski definition) is 7. The number of anilines is 1. The Hall–Kier alpha value is -3.30. The molecule has 0 radical (unpaired) electrons. The van der Waals surface area contributed by atoms with E-state index in [1.807, 2.05) is 41.4 Å². The topological polar surface area (TPSA) is 87.8 Å². The van der Waals surface area contributed by atoms with Gasteiger partial charge in [0, 0.05) is 43.0 Å². The van der Waals surface area contributed by atoms with Gasteiger partial charge in [0.05, 0.1) is 24.8 Å². The first kappa shape index (κ1) is 21.5. The molecular formula is C24H27FN6O2. The summed E-state index contributed by atoms with van der Waals surface area (Å²) < 4.78 is 22.1. The lowest BCUT2D eigenvalue weighted by molar-refractivity contribution is 0.0758. The Bertz CT molecular complexity index is 1280. The number of fused-ring (bicyclic) bond motifs is 2. The summed E-state index contributed by atoms with van der Waals surface area (Å²) >= 11 is 0. The molecule has 33 heavy (non-hydrogen) atoms. The number of piperidine rings is 1. The Balaban J connectivity index is 1.42. The van der Waals surface area contributed by atoms with E-state index >= 15 is 0 Å². The lowest BCUT2D eigenvalue weighted by Crippen LogP contribution is -2.49. The fraction of sp³-hybridized carbons (Fsp3) is 0.375. The number of aromatic nitrogens is 4. The third-order valence-corrected chi connectivity index (χ3v) is 6.05. The van der Waals surface area contributed by atoms with Crippen LogP contribution in [-0.4, -0.2) is 74.7 Å². The zero-order valence-corrected chi connectivity index (χ0v) is 18.6. The van der Waals surface area contributed by atoms with Crippen molar-refractivity contribution >= 4 is 22.4 Å². The molecule has 2 N–H and O–H groups in total. The monoisotopic (exact) mass is 450 g/mol. The maximum atomic E-state index is 14.8. The number of aliphatic hydroxyl groups excluding tert-OH is 1. The van der Waals surface area contributed by atoms with Gasteiger partial charge in [-0.1, -0.05) is 12.1 Å². The number of pyridine rings is 1. The molecule has 0 amide bonds. The quantitative estimate of drug-likeness (QED) is 0.467. The Kier molecular flexibility index (Phi) is 5.82. The predicted octanol–water partition coefficient (Wildman–Crippen LogP) is 3.16. The second-order valence-electron chi connectivity index (χ2n) is 8.54. The van der Waals surface area contributed by atoms with Crippen LogP contribution in [0.15, 0.2) is 48.8 Å². The van der Waals surface area contributed by atoms with Gasteiger partial charge in [0.1, 0.15) is 11.7 Å². The second kappa shape index (κ2) is 8.92. The number of halogens is 1. The van der Waals surface area contributed by atoms with E-state index in [1.165, 1.54) is 0 Å². The van der Waals surface area contributed by atoms with E-state index < -0.39 is 18.3 Å². The van der Waals surface area contributed by atoms with E-state index in [2.05, 4.69) is 26.4 Å². The van der Waals surface area contributed by atoms with Gasteiger partial charge in [-0.15, -0.1) is 5.10 Å². The first-order chi connectivity index (χ1) is 16.0. The molecule has 1 saturated heterocycles. The maximum Gasteiger partial charge on any atom is 0.244 e. The Morgan fingerprint density at radius 1 is 1.30 bits per heavy atom. The fourth-order valence-corrected chi connectivity index (χ4v) is 4.51. The minimum absolute atomic E-state index is 0.270. The number of rotatable bonds is 6. The molecule has 8 nitrogen and oxygen atoms in total. The highest BCUT2D eigenvalue weighted by molar-refractivity contribution is 5.90. The van der Waals surface area contributed by atoms with E-state index in [0.717, 1.165) is 27.5 Å². The second-order valence-corrected chi connectivity index (χ2v) is 8.54. The SMILES string of the molecule is COc1nc(N[C@H]2CCN(C[C@H](C)O)C[C@H]2F)nn2ccc(-c3ccc4ncccc4c3)c12. The van der Waals surface area contributed by atoms with Crippen LogP contribution in [0.3, 0.4) is 0 Å². The van der Waals surface area contributed by atoms with E-state index in [-0.39, 0.29) is 6.54 Å². The van der Waals surface area contributed by atoms with E-state index in [9.17, 15) is 9.50 Å². The van der Waals surface area contributed by atoms with Crippen molar-refractivity contribution in [3.8, 4) is 17.0 Å². The maximum absolute atomic E-state index is 14.8. The van der Waals surface area contributed by atoms with Crippen LogP contribution in [0, 0.1) is 0 Å². The summed E-state index contributed by atoms with van der Waals surface area (Å²) in [5, 5.41) is 18.3. The van der Waals surface area contributed by atoms with Crippen LogP contribution in [0.25, 0.3) is 27.5 Å². The highest BCUT2D eigenvalue weighted by atomic mass is 19.1. The lowest BCUT2D eigenvalue weighted by Gasteiger charge is -2.35. The van der Waals surface area contributed by atoms with Crippen LogP contribution in [0.2, 0.25) is 0 Å². The molecule has 9 heteroatoms. The molecule has 3 atom stereocenters. The number of β-amino-alcohol motifs (C(OH)–C–C–N with tert-alkyl or cyclic N) is 1. The van der Waals surface area contributed by atoms with Crippen LogP contribution < -0.4 is 10.1 Å². The smallest absolute Gasteiger partial charge is 0.244 e. The molecule has 5 rings (SSSR count). The average molecular weight is 451 g/mol. The van der Waals surface area contributed by atoms with Crippen molar-refractivity contribution < 1.29 is 14.2 Å². The van der Waals surface area contributed by atoms with E-state index in [4.69, 9.17) is 4.74 Å². The Morgan fingerprint density at radius 2 is 2.18 bits per heavy atom. The summed E-state index contributed by atoms with van der Waals surface area (Å²) in [4.78, 5) is 10.9. The number of alkyl halides is 1. The predicted molar refractivity (Wildman–Crippen MR) is 125 cm³/mol. The normalized spacial score (nSPS) is 20.2. The molecule has 1 aliphatic rings. The van der Waals surface area contributed by atoms with Crippen molar-refractivity contribution in [2.24, 2.45) is 0 Å². The average Bonchev–Trinajstić information content (AvgIpc) is 3.24. The molecule has 0 unspecified atom stereocenters. The molecule has 3 aromatic heterocycles. The number of benzene rings is 1. The van der Waals surface area contributed by atoms with Crippen molar-refractivity contribution in [2.45, 2.75) is 31.7 Å². The number of nitrogens with one attached hydrogen (secondary N) is 1. The van der Waals surface area contributed by atoms with Gasteiger partial charge >= 0.3 is 0 Å². The number of aliphatic hydroxyl groups is 1. The van der Waals surface area contributed by atoms with Gasteiger partial charge in [-0.25, -0.2) is 8.91 Å². The Labute approximate surface area is 191 Å². The van der Waals surface area contributed by atoms with E-state index in [1.54, 1.807) is 24.7 Å². The van der Waals surface area contributed by atoms with Gasteiger partial charge in [-0.05, 0) is 43.2 Å². The molecule has 0 bridgehead atoms. The molecule has 0 spiro atoms. The summed E-state index contributed by atoms with van der Waals surface area (Å²) in [6.07, 6.45) is 2.67. The van der Waals surface area contributed by atoms with Crippen LogP contribution in [0.4, 0.5) is 10.3 Å². The highest BCUT2D eigenvalue weighted by Gasteiger charge is 2.30. The molecular weight excluding hydrogens is 423 g/mol. The van der Waals surface area contributed by atoms with Crippen LogP contribution in [0.5, 0.6) is 5.88 Å². The van der Waals surface area contributed by atoms with Gasteiger partial charge < -0.3 is 15.2 Å². The molecule has 1 aliphatic heterocycles. The highest BCUT2D eigenvalue weighted by Crippen LogP contribution is 2.33. The largest absolute Gasteiger partial charge is 0.479 e. The van der Waals surface area contributed by atoms with Gasteiger partial charge in [0.25, 0.3) is 0 Å². The zero-order chi connectivity index (χ0) is 22.9. The van der Waals surface area contributed by atoms with Crippen molar-refractivity contribution in [1.82, 2.24) is 24.5 Å². The summed E-state index contributed by atoms with van der Waals surface area (Å²) in [5.41, 5.74) is 3.63. The number of methoxy groups -OCH3 is 1. The van der Waals surface area contributed by atoms with Crippen LogP contribution in [-0.2, 0) is 0 Å². The summed E-state index contributed by atoms with van der Waals surface area (Å²) in [6, 6.07) is 11.6. The van der Waals surface area contributed by atoms with Crippen LogP contribution >= 0.6 is 0 Å². The number of likely N-dealkylation sites (tertiary alicyclic amines) is 1. The molecule has 0 aliphatic carbocycles. The number of hydrogen-bond donors (Lipinski definition) is 2. The third kappa shape index (κ3) is 4.34. The molecule has 172 valence electrons. The Morgan fingerprint density at radius 3 is 2.97 bits per heavy atom. The minimum atomic E-state index is -1.09. The molecule has 4 heterocycles. The van der Waals surface area contributed by atoms with E-state index in [0.29, 0.717) is 31.3 Å². The van der Waals surface area contributed by atoms with Crippen molar-refractivity contribution in [1.29, 1.82) is 0 Å². The number of nitrogens with zero attached hydrogens (tertiary/aromatic N) is 5. The van der Waals surface area contributed by atoms with Gasteiger partial charge in [-0.2, -0.15) is 4.98 Å². The lowest BCUT2D eigenvalue weighted by atomic mass is 10.0. The third-order valence-electron chi connectivity index (χ3n) is 6.05. The summed E-state index contributed by atoms with van der Waals surface area (Å²) in [7, 11) is 1.57. The molecule has 0 saturated carbocycles. The van der Waals surface area contributed by atoms with Gasteiger partial charge in [0.15, 0.2) is 0 Å². The standard InChI is InChI=1S/C24H27FN6O2/c1-15(32)13-30-10-8-21(19(25)14-30)27-24-28-23(33-2)22-18(7-11-31(22)29-24)16-5-6-20-17(12-16)4-3-9-26-20/h3-7,9,11-12,15,19,21,32H,8,10,13-14H2,1-2H3,(H,27,29)/t15-,19+,21-/m0/s1. The molecule has 1 aromatic carbocycles. The van der Waals surface area contributed by atoms with Crippen LogP contribution in [0.1, 0.15) is 13.3 Å². The minimum Gasteiger partial charge on any atom is -0.479 e. The first-order valence-electron chi connectivity index (χ1n) is 11.1. The zero-order valence-electron chi connectivity index (χ0n) is 18.6. The van der Waals surface area contributed by atoms with Gasteiger partial charge in [0.2, 0.25) is 11.8 Å². The number of ether oxygens (including phenoxy) is 1. The van der Waals surface area contributed by atoms with Crippen molar-refractivity contribution in [2.75, 3.05) is 32.1 Å². The van der Waals surface area contributed by atoms with Crippen molar-refractivity contribution in [3.05, 3.63) is 48.8 Å². The molecule has 1 fully saturated rings. The molecule has 4 aromatic rings.